The molecule has 2 N–H and O–H groups in total. The lowest BCUT2D eigenvalue weighted by Gasteiger charge is -2.33. The first-order valence-corrected chi connectivity index (χ1v) is 7.70. The number of methoxy groups -OCH3 is 1. The van der Waals surface area contributed by atoms with Gasteiger partial charge in [0, 0.05) is 18.1 Å². The molecular weight excluding hydrogens is 323 g/mol. The highest BCUT2D eigenvalue weighted by molar-refractivity contribution is 6.30. The van der Waals surface area contributed by atoms with E-state index in [1.807, 2.05) is 38.1 Å². The second-order valence-corrected chi connectivity index (χ2v) is 6.15. The fourth-order valence-electron chi connectivity index (χ4n) is 2.59. The number of rotatable bonds is 6. The first-order valence-electron chi connectivity index (χ1n) is 7.32. The van der Waals surface area contributed by atoms with Crippen LogP contribution in [0, 0.1) is 11.8 Å². The molecule has 1 aliphatic heterocycles. The van der Waals surface area contributed by atoms with E-state index >= 15 is 0 Å². The SMILES string of the molecule is COC(c1ccc(Cl)cc1)C(C)NC(=O)C(C)C1CNC1.Cl. The Morgan fingerprint density at radius 2 is 1.91 bits per heavy atom. The lowest BCUT2D eigenvalue weighted by Crippen LogP contribution is -2.51. The summed E-state index contributed by atoms with van der Waals surface area (Å²) in [5.41, 5.74) is 1.01. The largest absolute Gasteiger partial charge is 0.375 e. The molecule has 1 amide bonds. The number of hydrogen-bond donors (Lipinski definition) is 2. The summed E-state index contributed by atoms with van der Waals surface area (Å²) in [4.78, 5) is 12.3. The van der Waals surface area contributed by atoms with Gasteiger partial charge in [0.25, 0.3) is 0 Å². The number of hydrogen-bond acceptors (Lipinski definition) is 3. The molecule has 3 atom stereocenters. The molecule has 0 bridgehead atoms. The highest BCUT2D eigenvalue weighted by Gasteiger charge is 2.30. The number of carbonyl (C=O) groups excluding carboxylic acids is 1. The summed E-state index contributed by atoms with van der Waals surface area (Å²) in [6.45, 7) is 5.80. The molecular formula is C16H24Cl2N2O2. The second-order valence-electron chi connectivity index (χ2n) is 5.71. The number of amides is 1. The Morgan fingerprint density at radius 3 is 2.36 bits per heavy atom. The molecule has 6 heteroatoms. The summed E-state index contributed by atoms with van der Waals surface area (Å²) in [6, 6.07) is 7.43. The zero-order valence-corrected chi connectivity index (χ0v) is 14.7. The first kappa shape index (κ1) is 19.2. The molecule has 4 nitrogen and oxygen atoms in total. The van der Waals surface area contributed by atoms with Crippen molar-refractivity contribution in [1.82, 2.24) is 10.6 Å². The second kappa shape index (κ2) is 8.73. The van der Waals surface area contributed by atoms with Crippen molar-refractivity contribution >= 4 is 29.9 Å². The van der Waals surface area contributed by atoms with E-state index < -0.39 is 0 Å². The van der Waals surface area contributed by atoms with Crippen LogP contribution in [0.1, 0.15) is 25.5 Å². The fourth-order valence-corrected chi connectivity index (χ4v) is 2.72. The van der Waals surface area contributed by atoms with E-state index in [9.17, 15) is 4.79 Å². The number of ether oxygens (including phenoxy) is 1. The van der Waals surface area contributed by atoms with Crippen LogP contribution in [0.2, 0.25) is 5.02 Å². The highest BCUT2D eigenvalue weighted by atomic mass is 35.5. The Morgan fingerprint density at radius 1 is 1.32 bits per heavy atom. The van der Waals surface area contributed by atoms with E-state index in [1.54, 1.807) is 7.11 Å². The zero-order valence-electron chi connectivity index (χ0n) is 13.1. The van der Waals surface area contributed by atoms with Crippen LogP contribution in [0.4, 0.5) is 0 Å². The van der Waals surface area contributed by atoms with Gasteiger partial charge in [0.2, 0.25) is 5.91 Å². The molecule has 1 saturated heterocycles. The third kappa shape index (κ3) is 4.59. The normalized spacial score (nSPS) is 18.5. The third-order valence-electron chi connectivity index (χ3n) is 4.21. The molecule has 1 fully saturated rings. The predicted octanol–water partition coefficient (Wildman–Crippen LogP) is 2.81. The Bertz CT molecular complexity index is 478. The van der Waals surface area contributed by atoms with E-state index in [1.165, 1.54) is 0 Å². The van der Waals surface area contributed by atoms with Crippen LogP contribution in [0.25, 0.3) is 0 Å². The van der Waals surface area contributed by atoms with Gasteiger partial charge in [0.15, 0.2) is 0 Å². The fraction of sp³-hybridized carbons (Fsp3) is 0.562. The Kier molecular flexibility index (Phi) is 7.63. The van der Waals surface area contributed by atoms with E-state index in [2.05, 4.69) is 10.6 Å². The van der Waals surface area contributed by atoms with Crippen molar-refractivity contribution in [2.24, 2.45) is 11.8 Å². The van der Waals surface area contributed by atoms with Crippen LogP contribution in [-0.2, 0) is 9.53 Å². The van der Waals surface area contributed by atoms with Crippen LogP contribution >= 0.6 is 24.0 Å². The molecule has 3 unspecified atom stereocenters. The van der Waals surface area contributed by atoms with Gasteiger partial charge in [-0.1, -0.05) is 30.7 Å². The van der Waals surface area contributed by atoms with Gasteiger partial charge in [-0.2, -0.15) is 0 Å². The minimum absolute atomic E-state index is 0. The predicted molar refractivity (Wildman–Crippen MR) is 91.6 cm³/mol. The topological polar surface area (TPSA) is 50.4 Å². The van der Waals surface area contributed by atoms with E-state index in [0.717, 1.165) is 18.7 Å². The Labute approximate surface area is 143 Å². The Hall–Kier alpha value is -0.810. The minimum Gasteiger partial charge on any atom is -0.375 e. The molecule has 0 aliphatic carbocycles. The van der Waals surface area contributed by atoms with Crippen molar-refractivity contribution in [2.45, 2.75) is 26.0 Å². The van der Waals surface area contributed by atoms with Gasteiger partial charge in [-0.25, -0.2) is 0 Å². The minimum atomic E-state index is -0.182. The van der Waals surface area contributed by atoms with Crippen molar-refractivity contribution in [3.05, 3.63) is 34.9 Å². The van der Waals surface area contributed by atoms with Crippen LogP contribution in [0.3, 0.4) is 0 Å². The van der Waals surface area contributed by atoms with E-state index in [0.29, 0.717) is 10.9 Å². The monoisotopic (exact) mass is 346 g/mol. The maximum absolute atomic E-state index is 12.3. The number of halogens is 2. The van der Waals surface area contributed by atoms with E-state index in [-0.39, 0.29) is 36.4 Å². The average molecular weight is 347 g/mol. The third-order valence-corrected chi connectivity index (χ3v) is 4.46. The summed E-state index contributed by atoms with van der Waals surface area (Å²) in [5.74, 6) is 0.551. The smallest absolute Gasteiger partial charge is 0.223 e. The number of nitrogens with one attached hydrogen (secondary N) is 2. The summed E-state index contributed by atoms with van der Waals surface area (Å²) in [6.07, 6.45) is -0.182. The highest BCUT2D eigenvalue weighted by Crippen LogP contribution is 2.23. The maximum atomic E-state index is 12.3. The summed E-state index contributed by atoms with van der Waals surface area (Å²) >= 11 is 5.91. The lowest BCUT2D eigenvalue weighted by molar-refractivity contribution is -0.128. The van der Waals surface area contributed by atoms with Gasteiger partial charge in [-0.15, -0.1) is 12.4 Å². The van der Waals surface area contributed by atoms with Gasteiger partial charge in [-0.05, 0) is 43.6 Å². The van der Waals surface area contributed by atoms with Crippen LogP contribution in [0.5, 0.6) is 0 Å². The number of carbonyl (C=O) groups is 1. The summed E-state index contributed by atoms with van der Waals surface area (Å²) in [7, 11) is 1.65. The molecule has 0 spiro atoms. The van der Waals surface area contributed by atoms with Crippen LogP contribution < -0.4 is 10.6 Å². The Balaban J connectivity index is 0.00000242. The molecule has 0 aromatic heterocycles. The van der Waals surface area contributed by atoms with Gasteiger partial charge < -0.3 is 15.4 Å². The molecule has 0 saturated carbocycles. The van der Waals surface area contributed by atoms with Gasteiger partial charge in [0.05, 0.1) is 6.04 Å². The molecule has 1 aliphatic rings. The van der Waals surface area contributed by atoms with Crippen molar-refractivity contribution < 1.29 is 9.53 Å². The first-order chi connectivity index (χ1) is 10.0. The molecule has 1 heterocycles. The van der Waals surface area contributed by atoms with Crippen molar-refractivity contribution in [1.29, 1.82) is 0 Å². The summed E-state index contributed by atoms with van der Waals surface area (Å²) < 4.78 is 5.55. The van der Waals surface area contributed by atoms with Gasteiger partial charge in [0.1, 0.15) is 6.10 Å². The van der Waals surface area contributed by atoms with Crippen molar-refractivity contribution in [3.63, 3.8) is 0 Å². The summed E-state index contributed by atoms with van der Waals surface area (Å²) in [5, 5.41) is 6.96. The van der Waals surface area contributed by atoms with Crippen molar-refractivity contribution in [2.75, 3.05) is 20.2 Å². The molecule has 2 rings (SSSR count). The van der Waals surface area contributed by atoms with Crippen LogP contribution in [-0.4, -0.2) is 32.1 Å². The molecule has 22 heavy (non-hydrogen) atoms. The van der Waals surface area contributed by atoms with Crippen molar-refractivity contribution in [3.8, 4) is 0 Å². The van der Waals surface area contributed by atoms with E-state index in [4.69, 9.17) is 16.3 Å². The van der Waals surface area contributed by atoms with Crippen LogP contribution in [0.15, 0.2) is 24.3 Å². The van der Waals surface area contributed by atoms with Gasteiger partial charge in [-0.3, -0.25) is 4.79 Å². The quantitative estimate of drug-likeness (QED) is 0.832. The standard InChI is InChI=1S/C16H23ClN2O2.ClH/c1-10(13-8-18-9-13)16(20)19-11(2)15(21-3)12-4-6-14(17)7-5-12;/h4-7,10-11,13,15,18H,8-9H2,1-3H3,(H,19,20);1H. The zero-order chi connectivity index (χ0) is 15.4. The molecule has 124 valence electrons. The average Bonchev–Trinajstić information content (AvgIpc) is 2.39. The molecule has 0 radical (unpaired) electrons. The van der Waals surface area contributed by atoms with Gasteiger partial charge >= 0.3 is 0 Å². The maximum Gasteiger partial charge on any atom is 0.223 e. The lowest BCUT2D eigenvalue weighted by atomic mass is 9.88. The molecule has 1 aromatic rings. The molecule has 1 aromatic carbocycles. The number of benzene rings is 1.